The van der Waals surface area contributed by atoms with Crippen molar-refractivity contribution >= 4 is 5.78 Å². The topological polar surface area (TPSA) is 42.1 Å². The summed E-state index contributed by atoms with van der Waals surface area (Å²) in [6, 6.07) is 21.8. The summed E-state index contributed by atoms with van der Waals surface area (Å²) in [4.78, 5) is 16.0. The van der Waals surface area contributed by atoms with Crippen molar-refractivity contribution in [1.82, 2.24) is 4.98 Å². The fourth-order valence-electron chi connectivity index (χ4n) is 3.04. The SMILES string of the molecule is O=C1c2ccccc2OC[C@@H]1Cc1ccc(-c2ccccc2)[nH]1. The summed E-state index contributed by atoms with van der Waals surface area (Å²) in [6.07, 6.45) is 0.667. The van der Waals surface area contributed by atoms with E-state index in [9.17, 15) is 4.79 Å². The number of carbonyl (C=O) groups is 1. The Balaban J connectivity index is 1.54. The maximum atomic E-state index is 12.6. The van der Waals surface area contributed by atoms with Gasteiger partial charge in [0.1, 0.15) is 5.75 Å². The zero-order valence-electron chi connectivity index (χ0n) is 12.7. The lowest BCUT2D eigenvalue weighted by Crippen LogP contribution is -2.29. The molecule has 0 bridgehead atoms. The Kier molecular flexibility index (Phi) is 3.46. The Bertz CT molecular complexity index is 836. The summed E-state index contributed by atoms with van der Waals surface area (Å²) in [5.41, 5.74) is 3.98. The summed E-state index contributed by atoms with van der Waals surface area (Å²) < 4.78 is 5.74. The van der Waals surface area contributed by atoms with Gasteiger partial charge in [-0.15, -0.1) is 0 Å². The van der Waals surface area contributed by atoms with E-state index in [2.05, 4.69) is 29.2 Å². The normalized spacial score (nSPS) is 16.7. The molecular weight excluding hydrogens is 286 g/mol. The van der Waals surface area contributed by atoms with E-state index in [4.69, 9.17) is 4.74 Å². The summed E-state index contributed by atoms with van der Waals surface area (Å²) in [6.45, 7) is 0.440. The number of aromatic amines is 1. The van der Waals surface area contributed by atoms with Gasteiger partial charge >= 0.3 is 0 Å². The molecule has 3 aromatic rings. The van der Waals surface area contributed by atoms with Gasteiger partial charge in [-0.1, -0.05) is 42.5 Å². The van der Waals surface area contributed by atoms with E-state index < -0.39 is 0 Å². The Morgan fingerprint density at radius 2 is 1.74 bits per heavy atom. The molecule has 0 unspecified atom stereocenters. The third-order valence-electron chi connectivity index (χ3n) is 4.26. The Morgan fingerprint density at radius 3 is 2.61 bits per heavy atom. The first-order chi connectivity index (χ1) is 11.3. The molecule has 1 aliphatic rings. The molecular formula is C20H17NO2. The number of nitrogens with one attached hydrogen (secondary N) is 1. The van der Waals surface area contributed by atoms with Crippen molar-refractivity contribution in [2.45, 2.75) is 6.42 Å². The molecule has 2 aromatic carbocycles. The molecule has 0 saturated heterocycles. The molecule has 1 atom stereocenters. The largest absolute Gasteiger partial charge is 0.492 e. The Morgan fingerprint density at radius 1 is 0.957 bits per heavy atom. The quantitative estimate of drug-likeness (QED) is 0.791. The van der Waals surface area contributed by atoms with Crippen LogP contribution in [0.15, 0.2) is 66.7 Å². The molecule has 23 heavy (non-hydrogen) atoms. The number of carbonyl (C=O) groups excluding carboxylic acids is 1. The zero-order chi connectivity index (χ0) is 15.6. The summed E-state index contributed by atoms with van der Waals surface area (Å²) >= 11 is 0. The number of fused-ring (bicyclic) bond motifs is 1. The van der Waals surface area contributed by atoms with E-state index in [1.807, 2.05) is 42.5 Å². The number of para-hydroxylation sites is 1. The number of benzene rings is 2. The van der Waals surface area contributed by atoms with Gasteiger partial charge in [-0.3, -0.25) is 4.79 Å². The van der Waals surface area contributed by atoms with Gasteiger partial charge in [0, 0.05) is 17.8 Å². The van der Waals surface area contributed by atoms with Crippen molar-refractivity contribution in [3.8, 4) is 17.0 Å². The van der Waals surface area contributed by atoms with Crippen LogP contribution in [-0.2, 0) is 6.42 Å². The van der Waals surface area contributed by atoms with Crippen LogP contribution in [0.1, 0.15) is 16.1 Å². The van der Waals surface area contributed by atoms with Gasteiger partial charge in [0.05, 0.1) is 18.1 Å². The molecule has 3 heteroatoms. The highest BCUT2D eigenvalue weighted by Crippen LogP contribution is 2.29. The van der Waals surface area contributed by atoms with Crippen LogP contribution >= 0.6 is 0 Å². The van der Waals surface area contributed by atoms with E-state index in [1.54, 1.807) is 0 Å². The van der Waals surface area contributed by atoms with E-state index in [-0.39, 0.29) is 11.7 Å². The van der Waals surface area contributed by atoms with Crippen LogP contribution in [0.25, 0.3) is 11.3 Å². The van der Waals surface area contributed by atoms with Gasteiger partial charge in [-0.05, 0) is 29.8 Å². The van der Waals surface area contributed by atoms with Gasteiger partial charge in [0.25, 0.3) is 0 Å². The molecule has 114 valence electrons. The first kappa shape index (κ1) is 13.8. The summed E-state index contributed by atoms with van der Waals surface area (Å²) in [5, 5.41) is 0. The lowest BCUT2D eigenvalue weighted by molar-refractivity contribution is 0.0829. The van der Waals surface area contributed by atoms with Crippen LogP contribution in [0.3, 0.4) is 0 Å². The third kappa shape index (κ3) is 2.66. The van der Waals surface area contributed by atoms with E-state index in [1.165, 1.54) is 0 Å². The molecule has 1 aromatic heterocycles. The van der Waals surface area contributed by atoms with Crippen LogP contribution in [0, 0.1) is 5.92 Å². The summed E-state index contributed by atoms with van der Waals surface area (Å²) in [7, 11) is 0. The second-order valence-electron chi connectivity index (χ2n) is 5.84. The van der Waals surface area contributed by atoms with Crippen molar-refractivity contribution in [3.05, 3.63) is 78.0 Å². The molecule has 0 fully saturated rings. The standard InChI is InChI=1S/C20H17NO2/c22-20-15(13-23-19-9-5-4-8-17(19)20)12-16-10-11-18(21-16)14-6-2-1-3-7-14/h1-11,15,21H,12-13H2/t15-/m0/s1. The number of H-pyrrole nitrogens is 1. The molecule has 1 aliphatic heterocycles. The molecule has 4 rings (SSSR count). The Hall–Kier alpha value is -2.81. The summed E-state index contributed by atoms with van der Waals surface area (Å²) in [5.74, 6) is 0.736. The predicted octanol–water partition coefficient (Wildman–Crippen LogP) is 4.12. The molecule has 2 heterocycles. The van der Waals surface area contributed by atoms with Crippen molar-refractivity contribution in [1.29, 1.82) is 0 Å². The predicted molar refractivity (Wildman–Crippen MR) is 89.7 cm³/mol. The van der Waals surface area contributed by atoms with Crippen molar-refractivity contribution in [2.24, 2.45) is 5.92 Å². The lowest BCUT2D eigenvalue weighted by Gasteiger charge is -2.23. The second-order valence-corrected chi connectivity index (χ2v) is 5.84. The average Bonchev–Trinajstić information content (AvgIpc) is 3.07. The zero-order valence-corrected chi connectivity index (χ0v) is 12.7. The highest BCUT2D eigenvalue weighted by Gasteiger charge is 2.28. The van der Waals surface area contributed by atoms with Crippen LogP contribution < -0.4 is 4.74 Å². The number of Topliss-reactive ketones (excluding diaryl/α,β-unsaturated/α-hetero) is 1. The lowest BCUT2D eigenvalue weighted by atomic mass is 9.91. The van der Waals surface area contributed by atoms with E-state index >= 15 is 0 Å². The fraction of sp³-hybridized carbons (Fsp3) is 0.150. The Labute approximate surface area is 134 Å². The number of ketones is 1. The minimum Gasteiger partial charge on any atom is -0.492 e. The smallest absolute Gasteiger partial charge is 0.173 e. The minimum atomic E-state index is -0.132. The van der Waals surface area contributed by atoms with Crippen molar-refractivity contribution in [3.63, 3.8) is 0 Å². The van der Waals surface area contributed by atoms with E-state index in [0.717, 1.165) is 17.0 Å². The third-order valence-corrected chi connectivity index (χ3v) is 4.26. The minimum absolute atomic E-state index is 0.132. The van der Waals surface area contributed by atoms with Gasteiger partial charge in [-0.25, -0.2) is 0 Å². The highest BCUT2D eigenvalue weighted by molar-refractivity contribution is 6.01. The first-order valence-electron chi connectivity index (χ1n) is 7.80. The van der Waals surface area contributed by atoms with Crippen molar-refractivity contribution in [2.75, 3.05) is 6.61 Å². The number of aromatic nitrogens is 1. The van der Waals surface area contributed by atoms with Crippen LogP contribution in [0.5, 0.6) is 5.75 Å². The monoisotopic (exact) mass is 303 g/mol. The molecule has 0 saturated carbocycles. The molecule has 0 spiro atoms. The molecule has 0 amide bonds. The number of hydrogen-bond acceptors (Lipinski definition) is 2. The number of rotatable bonds is 3. The van der Waals surface area contributed by atoms with E-state index in [0.29, 0.717) is 24.3 Å². The number of hydrogen-bond donors (Lipinski definition) is 1. The van der Waals surface area contributed by atoms with Gasteiger partial charge in [-0.2, -0.15) is 0 Å². The highest BCUT2D eigenvalue weighted by atomic mass is 16.5. The van der Waals surface area contributed by atoms with Crippen LogP contribution in [0.4, 0.5) is 0 Å². The number of ether oxygens (including phenoxy) is 1. The molecule has 1 N–H and O–H groups in total. The average molecular weight is 303 g/mol. The van der Waals surface area contributed by atoms with Gasteiger partial charge < -0.3 is 9.72 Å². The maximum absolute atomic E-state index is 12.6. The maximum Gasteiger partial charge on any atom is 0.173 e. The van der Waals surface area contributed by atoms with Crippen LogP contribution in [0.2, 0.25) is 0 Å². The van der Waals surface area contributed by atoms with Crippen LogP contribution in [-0.4, -0.2) is 17.4 Å². The molecule has 0 aliphatic carbocycles. The molecule has 3 nitrogen and oxygen atoms in total. The fourth-order valence-corrected chi connectivity index (χ4v) is 3.04. The van der Waals surface area contributed by atoms with Gasteiger partial charge in [0.15, 0.2) is 5.78 Å². The van der Waals surface area contributed by atoms with Gasteiger partial charge in [0.2, 0.25) is 0 Å². The van der Waals surface area contributed by atoms with Crippen molar-refractivity contribution < 1.29 is 9.53 Å². The first-order valence-corrected chi connectivity index (χ1v) is 7.80. The second kappa shape index (κ2) is 5.76. The molecule has 0 radical (unpaired) electrons.